The molecule has 4 nitrogen and oxygen atoms in total. The van der Waals surface area contributed by atoms with Crippen molar-refractivity contribution in [3.63, 3.8) is 0 Å². The summed E-state index contributed by atoms with van der Waals surface area (Å²) < 4.78 is 5.66. The van der Waals surface area contributed by atoms with E-state index in [1.54, 1.807) is 11.8 Å². The predicted molar refractivity (Wildman–Crippen MR) is 86.6 cm³/mol. The van der Waals surface area contributed by atoms with Gasteiger partial charge < -0.3 is 15.8 Å². The fourth-order valence-corrected chi connectivity index (χ4v) is 3.89. The zero-order valence-corrected chi connectivity index (χ0v) is 13.7. The second kappa shape index (κ2) is 9.13. The Morgan fingerprint density at radius 2 is 2.05 bits per heavy atom. The highest BCUT2D eigenvalue weighted by atomic mass is 35.5. The number of hydrogen-bond acceptors (Lipinski definition) is 4. The summed E-state index contributed by atoms with van der Waals surface area (Å²) in [5.74, 6) is 1.60. The molecular weight excluding hydrogens is 296 g/mol. The summed E-state index contributed by atoms with van der Waals surface area (Å²) in [6, 6.07) is 0. The van der Waals surface area contributed by atoms with E-state index in [-0.39, 0.29) is 23.9 Å². The number of nitrogens with two attached hydrogens (primary N) is 1. The molecule has 1 unspecified atom stereocenters. The molecule has 1 saturated heterocycles. The van der Waals surface area contributed by atoms with Crippen LogP contribution < -0.4 is 11.1 Å². The first-order valence-corrected chi connectivity index (χ1v) is 8.60. The van der Waals surface area contributed by atoms with Crippen LogP contribution in [0.25, 0.3) is 0 Å². The van der Waals surface area contributed by atoms with Gasteiger partial charge in [-0.25, -0.2) is 0 Å². The molecule has 3 N–H and O–H groups in total. The maximum atomic E-state index is 12.0. The number of carbonyl (C=O) groups is 1. The van der Waals surface area contributed by atoms with Crippen molar-refractivity contribution in [1.29, 1.82) is 0 Å². The Kier molecular flexibility index (Phi) is 8.25. The molecule has 6 heteroatoms. The van der Waals surface area contributed by atoms with Crippen LogP contribution in [0.3, 0.4) is 0 Å². The fraction of sp³-hybridized carbons (Fsp3) is 0.929. The first-order chi connectivity index (χ1) is 9.24. The van der Waals surface area contributed by atoms with Crippen LogP contribution in [0.4, 0.5) is 0 Å². The monoisotopic (exact) mass is 322 g/mol. The van der Waals surface area contributed by atoms with E-state index in [1.807, 2.05) is 0 Å². The average Bonchev–Trinajstić information content (AvgIpc) is 2.89. The van der Waals surface area contributed by atoms with Gasteiger partial charge in [0.15, 0.2) is 0 Å². The molecule has 1 atom stereocenters. The third-order valence-corrected chi connectivity index (χ3v) is 5.24. The van der Waals surface area contributed by atoms with Crippen molar-refractivity contribution in [2.75, 3.05) is 24.7 Å². The Bertz CT molecular complexity index is 293. The lowest BCUT2D eigenvalue weighted by atomic mass is 9.98. The fourth-order valence-electron chi connectivity index (χ4n) is 2.99. The van der Waals surface area contributed by atoms with Gasteiger partial charge in [0.1, 0.15) is 0 Å². The smallest absolute Gasteiger partial charge is 0.230 e. The minimum absolute atomic E-state index is 0. The van der Waals surface area contributed by atoms with Crippen LogP contribution in [-0.2, 0) is 9.53 Å². The lowest BCUT2D eigenvalue weighted by Crippen LogP contribution is -2.52. The van der Waals surface area contributed by atoms with Crippen LogP contribution in [-0.4, -0.2) is 42.2 Å². The molecule has 0 radical (unpaired) electrons. The van der Waals surface area contributed by atoms with Crippen molar-refractivity contribution in [3.8, 4) is 0 Å². The number of halogens is 1. The highest BCUT2D eigenvalue weighted by Crippen LogP contribution is 2.28. The van der Waals surface area contributed by atoms with Crippen LogP contribution in [0.15, 0.2) is 0 Å². The third-order valence-electron chi connectivity index (χ3n) is 4.17. The van der Waals surface area contributed by atoms with Gasteiger partial charge in [-0.05, 0) is 32.1 Å². The standard InChI is InChI=1S/C14H26N2O2S.ClH/c15-11-14(6-2-3-7-14)16-13(17)10-19-9-12-5-1-4-8-18-12;/h12H,1-11,15H2,(H,16,17);1H. The molecule has 0 bridgehead atoms. The summed E-state index contributed by atoms with van der Waals surface area (Å²) in [5, 5.41) is 3.15. The number of rotatable bonds is 6. The van der Waals surface area contributed by atoms with E-state index in [0.717, 1.165) is 31.6 Å². The number of nitrogens with one attached hydrogen (secondary N) is 1. The number of ether oxygens (including phenoxy) is 1. The van der Waals surface area contributed by atoms with Gasteiger partial charge in [-0.15, -0.1) is 24.2 Å². The lowest BCUT2D eigenvalue weighted by Gasteiger charge is -2.29. The van der Waals surface area contributed by atoms with Gasteiger partial charge in [0.25, 0.3) is 0 Å². The molecule has 0 spiro atoms. The molecule has 1 amide bonds. The van der Waals surface area contributed by atoms with Crippen molar-refractivity contribution in [3.05, 3.63) is 0 Å². The lowest BCUT2D eigenvalue weighted by molar-refractivity contribution is -0.120. The Morgan fingerprint density at radius 1 is 1.30 bits per heavy atom. The second-order valence-corrected chi connectivity index (χ2v) is 6.77. The molecule has 1 aliphatic heterocycles. The zero-order chi connectivity index (χ0) is 13.6. The predicted octanol–water partition coefficient (Wildman–Crippen LogP) is 2.10. The highest BCUT2D eigenvalue weighted by Gasteiger charge is 2.33. The van der Waals surface area contributed by atoms with Gasteiger partial charge in [-0.3, -0.25) is 4.79 Å². The summed E-state index contributed by atoms with van der Waals surface area (Å²) in [7, 11) is 0. The van der Waals surface area contributed by atoms with E-state index in [4.69, 9.17) is 10.5 Å². The van der Waals surface area contributed by atoms with Gasteiger partial charge >= 0.3 is 0 Å². The number of carbonyl (C=O) groups excluding carboxylic acids is 1. The Labute approximate surface area is 132 Å². The van der Waals surface area contributed by atoms with E-state index in [1.165, 1.54) is 25.7 Å². The maximum absolute atomic E-state index is 12.0. The maximum Gasteiger partial charge on any atom is 0.230 e. The van der Waals surface area contributed by atoms with Crippen molar-refractivity contribution < 1.29 is 9.53 Å². The minimum atomic E-state index is -0.112. The minimum Gasteiger partial charge on any atom is -0.377 e. The van der Waals surface area contributed by atoms with Gasteiger partial charge in [0.05, 0.1) is 17.4 Å². The molecule has 1 heterocycles. The number of hydrogen-bond donors (Lipinski definition) is 2. The molecule has 2 aliphatic rings. The molecule has 0 aromatic rings. The van der Waals surface area contributed by atoms with Crippen molar-refractivity contribution >= 4 is 30.1 Å². The molecule has 20 heavy (non-hydrogen) atoms. The molecule has 0 aromatic heterocycles. The van der Waals surface area contributed by atoms with E-state index >= 15 is 0 Å². The summed E-state index contributed by atoms with van der Waals surface area (Å²) in [6.45, 7) is 1.45. The molecule has 118 valence electrons. The molecule has 0 aromatic carbocycles. The molecule has 2 fully saturated rings. The van der Waals surface area contributed by atoms with Gasteiger partial charge in [-0.2, -0.15) is 0 Å². The molecule has 2 rings (SSSR count). The van der Waals surface area contributed by atoms with Gasteiger partial charge in [0.2, 0.25) is 5.91 Å². The van der Waals surface area contributed by atoms with Crippen molar-refractivity contribution in [2.45, 2.75) is 56.6 Å². The van der Waals surface area contributed by atoms with Crippen molar-refractivity contribution in [1.82, 2.24) is 5.32 Å². The normalized spacial score (nSPS) is 24.9. The van der Waals surface area contributed by atoms with E-state index in [9.17, 15) is 4.79 Å². The summed E-state index contributed by atoms with van der Waals surface area (Å²) in [4.78, 5) is 12.0. The summed E-state index contributed by atoms with van der Waals surface area (Å²) in [6.07, 6.45) is 8.36. The average molecular weight is 323 g/mol. The number of amides is 1. The summed E-state index contributed by atoms with van der Waals surface area (Å²) >= 11 is 1.68. The van der Waals surface area contributed by atoms with E-state index < -0.39 is 0 Å². The van der Waals surface area contributed by atoms with E-state index in [0.29, 0.717) is 18.4 Å². The topological polar surface area (TPSA) is 64.3 Å². The Balaban J connectivity index is 0.00000200. The largest absolute Gasteiger partial charge is 0.377 e. The first kappa shape index (κ1) is 18.1. The van der Waals surface area contributed by atoms with Crippen LogP contribution in [0.2, 0.25) is 0 Å². The van der Waals surface area contributed by atoms with Crippen LogP contribution >= 0.6 is 24.2 Å². The zero-order valence-electron chi connectivity index (χ0n) is 12.1. The molecule has 1 aliphatic carbocycles. The summed E-state index contributed by atoms with van der Waals surface area (Å²) in [5.41, 5.74) is 5.71. The molecular formula is C14H27ClN2O2S. The van der Waals surface area contributed by atoms with Crippen LogP contribution in [0.5, 0.6) is 0 Å². The Hall–Kier alpha value is 0.0300. The highest BCUT2D eigenvalue weighted by molar-refractivity contribution is 7.99. The SMILES string of the molecule is Cl.NCC1(NC(=O)CSCC2CCCCO2)CCCC1. The van der Waals surface area contributed by atoms with Gasteiger partial charge in [-0.1, -0.05) is 12.8 Å². The first-order valence-electron chi connectivity index (χ1n) is 7.44. The number of thioether (sulfide) groups is 1. The second-order valence-electron chi connectivity index (χ2n) is 5.74. The van der Waals surface area contributed by atoms with Crippen LogP contribution in [0, 0.1) is 0 Å². The quantitative estimate of drug-likeness (QED) is 0.786. The third kappa shape index (κ3) is 5.43. The Morgan fingerprint density at radius 3 is 2.65 bits per heavy atom. The van der Waals surface area contributed by atoms with Gasteiger partial charge in [0, 0.05) is 18.9 Å². The van der Waals surface area contributed by atoms with E-state index in [2.05, 4.69) is 5.32 Å². The van der Waals surface area contributed by atoms with Crippen molar-refractivity contribution in [2.24, 2.45) is 5.73 Å². The molecule has 1 saturated carbocycles. The van der Waals surface area contributed by atoms with Crippen LogP contribution in [0.1, 0.15) is 44.9 Å².